The number of rotatable bonds is 6. The molecule has 1 aliphatic rings. The first-order chi connectivity index (χ1) is 16.0. The molecule has 164 valence electrons. The Hall–Kier alpha value is -3.18. The van der Waals surface area contributed by atoms with E-state index in [2.05, 4.69) is 11.2 Å². The van der Waals surface area contributed by atoms with Crippen LogP contribution in [0.5, 0.6) is 5.75 Å². The average Bonchev–Trinajstić information content (AvgIpc) is 3.18. The third-order valence-corrected chi connectivity index (χ3v) is 6.31. The fourth-order valence-corrected chi connectivity index (χ4v) is 4.89. The first-order valence-corrected chi connectivity index (χ1v) is 11.2. The summed E-state index contributed by atoms with van der Waals surface area (Å²) in [6.45, 7) is 0.998. The first kappa shape index (κ1) is 21.7. The Morgan fingerprint density at radius 3 is 2.30 bits per heavy atom. The fraction of sp³-hybridized carbons (Fsp3) is 0.0741. The van der Waals surface area contributed by atoms with Crippen molar-refractivity contribution in [2.24, 2.45) is 0 Å². The van der Waals surface area contributed by atoms with Gasteiger partial charge in [0, 0.05) is 23.3 Å². The van der Waals surface area contributed by atoms with Gasteiger partial charge in [0.15, 0.2) is 11.4 Å². The van der Waals surface area contributed by atoms with Gasteiger partial charge in [-0.2, -0.15) is 0 Å². The van der Waals surface area contributed by atoms with E-state index in [9.17, 15) is 4.39 Å². The number of hydrogen-bond acceptors (Lipinski definition) is 2. The van der Waals surface area contributed by atoms with Gasteiger partial charge < -0.3 is 4.74 Å². The topological polar surface area (TPSA) is 22.1 Å². The number of pyridine rings is 1. The maximum atomic E-state index is 13.5. The third kappa shape index (κ3) is 4.25. The zero-order valence-electron chi connectivity index (χ0n) is 17.6. The Morgan fingerprint density at radius 1 is 0.848 bits per heavy atom. The van der Waals surface area contributed by atoms with Gasteiger partial charge in [0.05, 0.1) is 12.4 Å². The molecule has 0 fully saturated rings. The minimum atomic E-state index is -0.275. The largest absolute Gasteiger partial charge is 0.489 e. The number of hydrogen-bond donors (Lipinski definition) is 0. The van der Waals surface area contributed by atoms with Crippen molar-refractivity contribution < 1.29 is 9.13 Å². The van der Waals surface area contributed by atoms with Crippen LogP contribution < -0.4 is 9.22 Å². The van der Waals surface area contributed by atoms with E-state index in [0.29, 0.717) is 23.2 Å². The Balaban J connectivity index is 1.55. The quantitative estimate of drug-likeness (QED) is 0.263. The molecule has 0 aliphatic carbocycles. The van der Waals surface area contributed by atoms with E-state index in [1.165, 1.54) is 12.1 Å². The second-order valence-electron chi connectivity index (χ2n) is 7.92. The number of quaternary nitrogens is 1. The maximum Gasteiger partial charge on any atom is 0.183 e. The van der Waals surface area contributed by atoms with Gasteiger partial charge in [-0.15, -0.1) is 0 Å². The highest BCUT2D eigenvalue weighted by atomic mass is 35.5. The number of nitrogens with zero attached hydrogens (tertiary/aromatic N) is 2. The van der Waals surface area contributed by atoms with Gasteiger partial charge in [-0.25, -0.2) is 8.87 Å². The molecule has 1 atom stereocenters. The first-order valence-electron chi connectivity index (χ1n) is 10.5. The summed E-state index contributed by atoms with van der Waals surface area (Å²) in [5.74, 6) is 0.499. The van der Waals surface area contributed by atoms with Crippen molar-refractivity contribution in [1.82, 2.24) is 9.47 Å². The minimum absolute atomic E-state index is 0.264. The van der Waals surface area contributed by atoms with E-state index in [0.717, 1.165) is 33.8 Å². The lowest BCUT2D eigenvalue weighted by atomic mass is 10.1. The molecule has 1 unspecified atom stereocenters. The van der Waals surface area contributed by atoms with Gasteiger partial charge >= 0.3 is 0 Å². The van der Waals surface area contributed by atoms with Crippen molar-refractivity contribution in [3.05, 3.63) is 124 Å². The molecule has 0 spiro atoms. The van der Waals surface area contributed by atoms with Crippen LogP contribution in [0.4, 0.5) is 15.8 Å². The minimum Gasteiger partial charge on any atom is -0.489 e. The van der Waals surface area contributed by atoms with Crippen LogP contribution in [0.25, 0.3) is 6.08 Å². The summed E-state index contributed by atoms with van der Waals surface area (Å²) in [5.41, 5.74) is 4.78. The van der Waals surface area contributed by atoms with Crippen molar-refractivity contribution in [2.75, 3.05) is 0 Å². The van der Waals surface area contributed by atoms with Crippen LogP contribution >= 0.6 is 23.2 Å². The lowest BCUT2D eigenvalue weighted by Gasteiger charge is -2.33. The number of ether oxygens (including phenoxy) is 1. The molecule has 3 nitrogen and oxygen atoms in total. The Morgan fingerprint density at radius 2 is 1.58 bits per heavy atom. The number of halogens is 3. The molecule has 33 heavy (non-hydrogen) atoms. The average molecular weight is 478 g/mol. The fourth-order valence-electron chi connectivity index (χ4n) is 4.22. The van der Waals surface area contributed by atoms with Crippen LogP contribution in [0.15, 0.2) is 91.4 Å². The molecule has 0 saturated carbocycles. The summed E-state index contributed by atoms with van der Waals surface area (Å²) in [6.07, 6.45) is 7.29. The summed E-state index contributed by atoms with van der Waals surface area (Å²) in [6, 6.07) is 22.5. The van der Waals surface area contributed by atoms with Crippen LogP contribution in [-0.4, -0.2) is 4.98 Å². The van der Waals surface area contributed by atoms with Gasteiger partial charge in [-0.1, -0.05) is 65.7 Å². The highest BCUT2D eigenvalue weighted by Crippen LogP contribution is 2.50. The second kappa shape index (κ2) is 8.99. The Kier molecular flexibility index (Phi) is 5.90. The third-order valence-electron chi connectivity index (χ3n) is 5.76. The molecule has 0 saturated heterocycles. The van der Waals surface area contributed by atoms with E-state index >= 15 is 0 Å². The number of benzene rings is 3. The molecule has 0 bridgehead atoms. The van der Waals surface area contributed by atoms with Crippen molar-refractivity contribution in [1.29, 1.82) is 0 Å². The number of fused-ring (bicyclic) bond motifs is 1. The Bertz CT molecular complexity index is 1310. The molecule has 5 rings (SSSR count). The SMILES string of the molecule is Fc1ccc(C[N+]2(c3c(Cl)cncc3Cl)C=Cc3cc(OCc4ccccc4)ccc32)cc1. The lowest BCUT2D eigenvalue weighted by Crippen LogP contribution is -2.36. The van der Waals surface area contributed by atoms with E-state index < -0.39 is 0 Å². The molecule has 2 heterocycles. The summed E-state index contributed by atoms with van der Waals surface area (Å²) in [5, 5.41) is 0.929. The van der Waals surface area contributed by atoms with Crippen LogP contribution in [0.2, 0.25) is 10.0 Å². The molecule has 6 heteroatoms. The molecule has 1 aromatic heterocycles. The maximum absolute atomic E-state index is 13.5. The van der Waals surface area contributed by atoms with Crippen molar-refractivity contribution in [2.45, 2.75) is 13.2 Å². The molecule has 3 aromatic carbocycles. The molecule has 4 aromatic rings. The van der Waals surface area contributed by atoms with Gasteiger partial charge in [0.1, 0.15) is 41.0 Å². The van der Waals surface area contributed by atoms with Gasteiger partial charge in [0.25, 0.3) is 0 Å². The van der Waals surface area contributed by atoms with Gasteiger partial charge in [0.2, 0.25) is 0 Å². The van der Waals surface area contributed by atoms with E-state index in [1.54, 1.807) is 24.5 Å². The van der Waals surface area contributed by atoms with E-state index in [1.807, 2.05) is 54.6 Å². The van der Waals surface area contributed by atoms with Crippen molar-refractivity contribution in [3.63, 3.8) is 0 Å². The van der Waals surface area contributed by atoms with Crippen LogP contribution in [0.3, 0.4) is 0 Å². The van der Waals surface area contributed by atoms with Crippen LogP contribution in [0, 0.1) is 5.82 Å². The Labute approximate surface area is 201 Å². The number of aromatic nitrogens is 1. The predicted octanol–water partition coefficient (Wildman–Crippen LogP) is 7.93. The van der Waals surface area contributed by atoms with E-state index in [4.69, 9.17) is 27.9 Å². The molecular weight excluding hydrogens is 458 g/mol. The molecular formula is C27H20Cl2FN2O+. The van der Waals surface area contributed by atoms with Crippen molar-refractivity contribution >= 4 is 40.7 Å². The standard InChI is InChI=1S/C27H20Cl2FN2O/c28-24-15-31-16-25(29)27(24)32(17-19-6-8-22(30)9-7-19)13-12-21-14-23(10-11-26(21)32)33-18-20-4-2-1-3-5-20/h1-16H,17-18H2/q+1. The zero-order chi connectivity index (χ0) is 22.8. The highest BCUT2D eigenvalue weighted by molar-refractivity contribution is 6.39. The van der Waals surface area contributed by atoms with Crippen LogP contribution in [0.1, 0.15) is 16.7 Å². The van der Waals surface area contributed by atoms with Crippen LogP contribution in [-0.2, 0) is 13.2 Å². The zero-order valence-corrected chi connectivity index (χ0v) is 19.1. The summed E-state index contributed by atoms with van der Waals surface area (Å²) in [7, 11) is 0. The lowest BCUT2D eigenvalue weighted by molar-refractivity contribution is 0.306. The molecule has 0 radical (unpaired) electrons. The highest BCUT2D eigenvalue weighted by Gasteiger charge is 2.41. The predicted molar refractivity (Wildman–Crippen MR) is 132 cm³/mol. The van der Waals surface area contributed by atoms with Gasteiger partial charge in [-0.3, -0.25) is 4.98 Å². The van der Waals surface area contributed by atoms with Crippen molar-refractivity contribution in [3.8, 4) is 5.75 Å². The smallest absolute Gasteiger partial charge is 0.183 e. The molecule has 0 amide bonds. The summed E-state index contributed by atoms with van der Waals surface area (Å²) >= 11 is 13.2. The summed E-state index contributed by atoms with van der Waals surface area (Å²) < 4.78 is 19.8. The normalized spacial score (nSPS) is 16.6. The molecule has 0 N–H and O–H groups in total. The summed E-state index contributed by atoms with van der Waals surface area (Å²) in [4.78, 5) is 4.12. The van der Waals surface area contributed by atoms with Gasteiger partial charge in [-0.05, 0) is 29.8 Å². The molecule has 1 aliphatic heterocycles. The monoisotopic (exact) mass is 477 g/mol. The second-order valence-corrected chi connectivity index (χ2v) is 8.73. The van der Waals surface area contributed by atoms with E-state index in [-0.39, 0.29) is 10.3 Å².